The average Bonchev–Trinajstić information content (AvgIpc) is 2.42. The molecule has 19 heavy (non-hydrogen) atoms. The summed E-state index contributed by atoms with van der Waals surface area (Å²) < 4.78 is 28.9. The molecule has 2 aliphatic heterocycles. The first-order valence-corrected chi connectivity index (χ1v) is 8.65. The summed E-state index contributed by atoms with van der Waals surface area (Å²) in [5, 5.41) is 3.35. The average molecular weight is 281 g/mol. The third kappa shape index (κ3) is 2.92. The van der Waals surface area contributed by atoms with E-state index in [4.69, 9.17) is 4.74 Å². The molecule has 0 aromatic heterocycles. The molecule has 1 N–H and O–H groups in total. The molecule has 0 radical (unpaired) electrons. The minimum Gasteiger partial charge on any atom is -0.490 e. The van der Waals surface area contributed by atoms with E-state index in [9.17, 15) is 8.42 Å². The monoisotopic (exact) mass is 281 g/mol. The standard InChI is InChI=1S/C14H19NO3S/c16-19(17)8-5-12(6-9-19)18-14-3-1-2-11-10-15-7-4-13(11)14/h1-3,12,15H,4-10H2. The van der Waals surface area contributed by atoms with Crippen LogP contribution >= 0.6 is 0 Å². The normalized spacial score (nSPS) is 22.7. The number of rotatable bonds is 2. The van der Waals surface area contributed by atoms with Gasteiger partial charge in [0.15, 0.2) is 9.84 Å². The van der Waals surface area contributed by atoms with Gasteiger partial charge in [0.05, 0.1) is 11.5 Å². The van der Waals surface area contributed by atoms with Crippen LogP contribution in [-0.4, -0.2) is 32.6 Å². The van der Waals surface area contributed by atoms with Crippen LogP contribution in [0.15, 0.2) is 18.2 Å². The molecule has 0 bridgehead atoms. The van der Waals surface area contributed by atoms with Gasteiger partial charge in [0.2, 0.25) is 0 Å². The summed E-state index contributed by atoms with van der Waals surface area (Å²) in [4.78, 5) is 0. The number of benzene rings is 1. The lowest BCUT2D eigenvalue weighted by Gasteiger charge is -2.26. The van der Waals surface area contributed by atoms with Gasteiger partial charge in [-0.05, 0) is 43.0 Å². The van der Waals surface area contributed by atoms with E-state index in [2.05, 4.69) is 11.4 Å². The Balaban J connectivity index is 1.74. The van der Waals surface area contributed by atoms with Gasteiger partial charge in [-0.25, -0.2) is 8.42 Å². The van der Waals surface area contributed by atoms with Crippen molar-refractivity contribution >= 4 is 9.84 Å². The summed E-state index contributed by atoms with van der Waals surface area (Å²) in [6, 6.07) is 6.15. The molecule has 0 aliphatic carbocycles. The van der Waals surface area contributed by atoms with E-state index in [1.807, 2.05) is 12.1 Å². The lowest BCUT2D eigenvalue weighted by molar-refractivity contribution is 0.187. The van der Waals surface area contributed by atoms with Crippen molar-refractivity contribution in [3.8, 4) is 5.75 Å². The van der Waals surface area contributed by atoms with E-state index < -0.39 is 9.84 Å². The fourth-order valence-corrected chi connectivity index (χ4v) is 4.22. The molecule has 0 saturated carbocycles. The summed E-state index contributed by atoms with van der Waals surface area (Å²) >= 11 is 0. The van der Waals surface area contributed by atoms with Crippen molar-refractivity contribution in [1.82, 2.24) is 5.32 Å². The summed E-state index contributed by atoms with van der Waals surface area (Å²) in [6.07, 6.45) is 2.26. The predicted molar refractivity (Wildman–Crippen MR) is 74.2 cm³/mol. The summed E-state index contributed by atoms with van der Waals surface area (Å²) in [7, 11) is -2.82. The highest BCUT2D eigenvalue weighted by molar-refractivity contribution is 7.91. The first-order valence-electron chi connectivity index (χ1n) is 6.83. The van der Waals surface area contributed by atoms with Gasteiger partial charge in [-0.15, -0.1) is 0 Å². The van der Waals surface area contributed by atoms with Gasteiger partial charge in [0.25, 0.3) is 0 Å². The lowest BCUT2D eigenvalue weighted by atomic mass is 10.00. The molecular weight excluding hydrogens is 262 g/mol. The highest BCUT2D eigenvalue weighted by Crippen LogP contribution is 2.28. The highest BCUT2D eigenvalue weighted by Gasteiger charge is 2.25. The van der Waals surface area contributed by atoms with Crippen LogP contribution < -0.4 is 10.1 Å². The van der Waals surface area contributed by atoms with Crippen LogP contribution in [0.3, 0.4) is 0 Å². The van der Waals surface area contributed by atoms with Crippen LogP contribution in [0.4, 0.5) is 0 Å². The number of hydrogen-bond donors (Lipinski definition) is 1. The van der Waals surface area contributed by atoms with E-state index in [1.165, 1.54) is 11.1 Å². The van der Waals surface area contributed by atoms with Crippen molar-refractivity contribution < 1.29 is 13.2 Å². The molecule has 1 aromatic rings. The van der Waals surface area contributed by atoms with Gasteiger partial charge < -0.3 is 10.1 Å². The second-order valence-corrected chi connectivity index (χ2v) is 7.59. The van der Waals surface area contributed by atoms with E-state index in [0.717, 1.165) is 25.3 Å². The first-order chi connectivity index (χ1) is 9.14. The predicted octanol–water partition coefficient (Wildman–Crippen LogP) is 1.29. The van der Waals surface area contributed by atoms with Crippen LogP contribution in [0, 0.1) is 0 Å². The zero-order valence-electron chi connectivity index (χ0n) is 10.9. The minimum absolute atomic E-state index is 0.0462. The smallest absolute Gasteiger partial charge is 0.150 e. The van der Waals surface area contributed by atoms with Gasteiger partial charge in [0, 0.05) is 6.54 Å². The molecule has 5 heteroatoms. The van der Waals surface area contributed by atoms with Crippen LogP contribution in [0.1, 0.15) is 24.0 Å². The highest BCUT2D eigenvalue weighted by atomic mass is 32.2. The third-order valence-corrected chi connectivity index (χ3v) is 5.61. The van der Waals surface area contributed by atoms with Crippen LogP contribution in [0.5, 0.6) is 5.75 Å². The van der Waals surface area contributed by atoms with Crippen LogP contribution in [0.2, 0.25) is 0 Å². The summed E-state index contributed by atoms with van der Waals surface area (Å²) in [5.74, 6) is 1.46. The van der Waals surface area contributed by atoms with Gasteiger partial charge in [-0.3, -0.25) is 0 Å². The molecule has 4 nitrogen and oxygen atoms in total. The summed E-state index contributed by atoms with van der Waals surface area (Å²) in [6.45, 7) is 1.87. The van der Waals surface area contributed by atoms with E-state index in [1.54, 1.807) is 0 Å². The van der Waals surface area contributed by atoms with Gasteiger partial charge in [-0.1, -0.05) is 12.1 Å². The molecule has 3 rings (SSSR count). The number of nitrogens with one attached hydrogen (secondary N) is 1. The fourth-order valence-electron chi connectivity index (χ4n) is 2.77. The molecule has 2 aliphatic rings. The molecule has 2 heterocycles. The van der Waals surface area contributed by atoms with Crippen molar-refractivity contribution in [2.45, 2.75) is 31.9 Å². The molecule has 0 spiro atoms. The zero-order chi connectivity index (χ0) is 13.3. The lowest BCUT2D eigenvalue weighted by Crippen LogP contribution is -2.31. The quantitative estimate of drug-likeness (QED) is 0.887. The van der Waals surface area contributed by atoms with E-state index in [-0.39, 0.29) is 17.6 Å². The number of sulfone groups is 1. The van der Waals surface area contributed by atoms with E-state index in [0.29, 0.717) is 12.8 Å². The molecule has 0 atom stereocenters. The first kappa shape index (κ1) is 12.9. The Morgan fingerprint density at radius 3 is 2.79 bits per heavy atom. The zero-order valence-corrected chi connectivity index (χ0v) is 11.7. The Bertz CT molecular complexity index is 554. The molecule has 1 saturated heterocycles. The maximum absolute atomic E-state index is 11.4. The van der Waals surface area contributed by atoms with Crippen LogP contribution in [-0.2, 0) is 22.8 Å². The van der Waals surface area contributed by atoms with Gasteiger partial charge in [-0.2, -0.15) is 0 Å². The number of ether oxygens (including phenoxy) is 1. The van der Waals surface area contributed by atoms with Crippen molar-refractivity contribution in [2.24, 2.45) is 0 Å². The molecule has 1 fully saturated rings. The summed E-state index contributed by atoms with van der Waals surface area (Å²) in [5.41, 5.74) is 2.59. The molecule has 104 valence electrons. The molecule has 1 aromatic carbocycles. The largest absolute Gasteiger partial charge is 0.490 e. The maximum Gasteiger partial charge on any atom is 0.150 e. The Kier molecular flexibility index (Phi) is 3.50. The topological polar surface area (TPSA) is 55.4 Å². The van der Waals surface area contributed by atoms with Crippen LogP contribution in [0.25, 0.3) is 0 Å². The Morgan fingerprint density at radius 1 is 1.21 bits per heavy atom. The SMILES string of the molecule is O=S1(=O)CCC(Oc2cccc3c2CCNC3)CC1. The van der Waals surface area contributed by atoms with Crippen molar-refractivity contribution in [1.29, 1.82) is 0 Å². The molecule has 0 amide bonds. The second-order valence-electron chi connectivity index (χ2n) is 5.29. The van der Waals surface area contributed by atoms with E-state index >= 15 is 0 Å². The maximum atomic E-state index is 11.4. The van der Waals surface area contributed by atoms with Gasteiger partial charge >= 0.3 is 0 Å². The molecular formula is C14H19NO3S. The number of fused-ring (bicyclic) bond motifs is 1. The minimum atomic E-state index is -2.82. The third-order valence-electron chi connectivity index (χ3n) is 3.89. The van der Waals surface area contributed by atoms with Crippen molar-refractivity contribution in [3.63, 3.8) is 0 Å². The second kappa shape index (κ2) is 5.13. The Morgan fingerprint density at radius 2 is 2.00 bits per heavy atom. The van der Waals surface area contributed by atoms with Crippen molar-refractivity contribution in [3.05, 3.63) is 29.3 Å². The van der Waals surface area contributed by atoms with Gasteiger partial charge in [0.1, 0.15) is 11.9 Å². The van der Waals surface area contributed by atoms with Crippen molar-refractivity contribution in [2.75, 3.05) is 18.1 Å². The fraction of sp³-hybridized carbons (Fsp3) is 0.571. The Hall–Kier alpha value is -1.07. The number of hydrogen-bond acceptors (Lipinski definition) is 4. The Labute approximate surface area is 114 Å². The molecule has 0 unspecified atom stereocenters.